The van der Waals surface area contributed by atoms with Crippen molar-refractivity contribution in [3.05, 3.63) is 0 Å². The minimum atomic E-state index is 0. The second-order valence-corrected chi connectivity index (χ2v) is 1.08. The molecule has 0 aromatic rings. The molecule has 3 heteroatoms. The molecule has 0 atom stereocenters. The van der Waals surface area contributed by atoms with Gasteiger partial charge in [-0.05, 0) is 6.42 Å². The number of aliphatic hydroxyl groups excluding tert-OH is 1. The monoisotopic (exact) mass is 423 g/mol. The molecule has 11 heavy (non-hydrogen) atoms. The molecule has 0 radical (unpaired) electrons. The van der Waals surface area contributed by atoms with Crippen molar-refractivity contribution in [2.75, 3.05) is 13.8 Å². The van der Waals surface area contributed by atoms with E-state index >= 15 is 0 Å². The van der Waals surface area contributed by atoms with E-state index in [1.165, 1.54) is 0 Å². The maximum Gasteiger partial charge on any atom is 0.0785 e. The molecule has 0 heterocycles. The summed E-state index contributed by atoms with van der Waals surface area (Å²) in [4.78, 5) is 0. The summed E-state index contributed by atoms with van der Waals surface area (Å²) >= 11 is 0. The fourth-order valence-electron chi connectivity index (χ4n) is 0.158. The molecule has 1 N–H and O–H groups in total. The summed E-state index contributed by atoms with van der Waals surface area (Å²) in [6.45, 7) is 2.40. The predicted molar refractivity (Wildman–Crippen MR) is 49.2 cm³/mol. The molecule has 0 aliphatic rings. The SMILES string of the molecule is C.C.C.CCCCO.CF.[Rf]. The van der Waals surface area contributed by atoms with Gasteiger partial charge in [0, 0.05) is 6.61 Å². The van der Waals surface area contributed by atoms with E-state index in [0.717, 1.165) is 12.8 Å². The van der Waals surface area contributed by atoms with Crippen LogP contribution in [-0.2, 0) is 0 Å². The number of hydrogen-bond donors (Lipinski definition) is 1. The normalized spacial score (nSPS) is 4.36. The van der Waals surface area contributed by atoms with E-state index in [1.54, 1.807) is 0 Å². The van der Waals surface area contributed by atoms with Gasteiger partial charge in [0.25, 0.3) is 0 Å². The largest absolute Gasteiger partial charge is 0.396 e. The van der Waals surface area contributed by atoms with Crippen molar-refractivity contribution in [2.45, 2.75) is 42.0 Å². The van der Waals surface area contributed by atoms with E-state index in [9.17, 15) is 4.39 Å². The zero-order valence-corrected chi connectivity index (χ0v) is 12.1. The van der Waals surface area contributed by atoms with Gasteiger partial charge in [0.2, 0.25) is 0 Å². The quantitative estimate of drug-likeness (QED) is 0.723. The Kier molecular flexibility index (Phi) is 728. The van der Waals surface area contributed by atoms with Crippen molar-refractivity contribution in [3.63, 3.8) is 0 Å². The van der Waals surface area contributed by atoms with Crippen LogP contribution in [0.25, 0.3) is 0 Å². The molecule has 0 spiro atoms. The maximum atomic E-state index is 9.50. The minimum Gasteiger partial charge on any atom is -0.396 e. The summed E-state index contributed by atoms with van der Waals surface area (Å²) in [5.41, 5.74) is 0. The first-order valence-electron chi connectivity index (χ1n) is 2.40. The van der Waals surface area contributed by atoms with Crippen molar-refractivity contribution in [1.29, 1.82) is 0 Å². The van der Waals surface area contributed by atoms with Crippen LogP contribution in [0.1, 0.15) is 42.0 Å². The van der Waals surface area contributed by atoms with E-state index in [1.807, 2.05) is 0 Å². The molecule has 0 bridgehead atoms. The second-order valence-electron chi connectivity index (χ2n) is 1.08. The molecule has 0 aliphatic carbocycles. The van der Waals surface area contributed by atoms with Crippen molar-refractivity contribution in [2.24, 2.45) is 0 Å². The van der Waals surface area contributed by atoms with Crippen LogP contribution in [0.5, 0.6) is 0 Å². The van der Waals surface area contributed by atoms with Gasteiger partial charge in [-0.15, -0.1) is 0 Å². The van der Waals surface area contributed by atoms with E-state index in [2.05, 4.69) is 6.92 Å². The van der Waals surface area contributed by atoms with Crippen molar-refractivity contribution in [3.8, 4) is 0 Å². The third kappa shape index (κ3) is 533. The second kappa shape index (κ2) is 155. The first kappa shape index (κ1) is 51.7. The molecule has 0 fully saturated rings. The molecule has 72 valence electrons. The molecule has 0 aromatic heterocycles. The Morgan fingerprint density at radius 3 is 1.36 bits per heavy atom. The topological polar surface area (TPSA) is 20.2 Å². The van der Waals surface area contributed by atoms with E-state index in [-0.39, 0.29) is 22.3 Å². The molecule has 0 unspecified atom stereocenters. The summed E-state index contributed by atoms with van der Waals surface area (Å²) in [6, 6.07) is 0. The Labute approximate surface area is 66.3 Å². The number of hydrogen-bond acceptors (Lipinski definition) is 1. The number of halogens is 1. The summed E-state index contributed by atoms with van der Waals surface area (Å²) in [7, 11) is 0.500. The van der Waals surface area contributed by atoms with Crippen LogP contribution in [0.4, 0.5) is 4.39 Å². The summed E-state index contributed by atoms with van der Waals surface area (Å²) in [6.07, 6.45) is 2.04. The van der Waals surface area contributed by atoms with Gasteiger partial charge in [-0.1, -0.05) is 35.6 Å². The van der Waals surface area contributed by atoms with Crippen LogP contribution in [0.2, 0.25) is 0 Å². The Morgan fingerprint density at radius 1 is 1.09 bits per heavy atom. The number of unbranched alkanes of at least 4 members (excludes halogenated alkanes) is 1. The fourth-order valence-corrected chi connectivity index (χ4v) is 0.158. The zero-order valence-electron chi connectivity index (χ0n) is 5.65. The number of alkyl halides is 1. The molecule has 0 rings (SSSR count). The minimum absolute atomic E-state index is 0. The summed E-state index contributed by atoms with van der Waals surface area (Å²) in [5.74, 6) is 0. The Morgan fingerprint density at radius 2 is 1.36 bits per heavy atom. The molecular formula is C8H25FORf. The molecule has 0 aromatic carbocycles. The fraction of sp³-hybridized carbons (Fsp3) is 1.00. The average Bonchev–Trinajstić information content (AvgIpc) is 1.75. The number of rotatable bonds is 2. The molecule has 1 nitrogen and oxygen atoms in total. The van der Waals surface area contributed by atoms with Gasteiger partial charge < -0.3 is 5.11 Å². The van der Waals surface area contributed by atoms with E-state index < -0.39 is 0 Å². The van der Waals surface area contributed by atoms with Gasteiger partial charge in [0.05, 0.1) is 7.18 Å². The van der Waals surface area contributed by atoms with E-state index in [4.69, 9.17) is 5.11 Å². The van der Waals surface area contributed by atoms with Gasteiger partial charge in [0.1, 0.15) is 0 Å². The van der Waals surface area contributed by atoms with Gasteiger partial charge in [-0.2, -0.15) is 0 Å². The maximum absolute atomic E-state index is 9.50. The Balaban J connectivity index is -0.00000000972. The first-order chi connectivity index (χ1) is 3.41. The predicted octanol–water partition coefficient (Wildman–Crippen LogP) is 3.27. The van der Waals surface area contributed by atoms with E-state index in [0.29, 0.717) is 13.8 Å². The van der Waals surface area contributed by atoms with Crippen LogP contribution in [0, 0.1) is 0 Å². The number of aliphatic hydroxyl groups is 1. The first-order valence-corrected chi connectivity index (χ1v) is 2.40. The molecule has 0 saturated heterocycles. The Hall–Kier alpha value is -1.11. The van der Waals surface area contributed by atoms with Gasteiger partial charge in [-0.25, -0.2) is 0 Å². The van der Waals surface area contributed by atoms with Crippen molar-refractivity contribution >= 4 is 0 Å². The van der Waals surface area contributed by atoms with Crippen LogP contribution in [-0.4, -0.2) is 18.9 Å². The summed E-state index contributed by atoms with van der Waals surface area (Å²) in [5, 5.41) is 8.07. The third-order valence-electron chi connectivity index (χ3n) is 0.512. The average molecular weight is 423 g/mol. The van der Waals surface area contributed by atoms with Crippen LogP contribution in [0.15, 0.2) is 0 Å². The van der Waals surface area contributed by atoms with Crippen LogP contribution >= 0.6 is 0 Å². The summed E-state index contributed by atoms with van der Waals surface area (Å²) < 4.78 is 9.50. The molecule has 0 amide bonds. The molecular weight excluding hydrogens is 398 g/mol. The van der Waals surface area contributed by atoms with Gasteiger partial charge in [-0.3, -0.25) is 4.39 Å². The third-order valence-corrected chi connectivity index (χ3v) is 0.512. The molecule has 0 saturated carbocycles. The Bertz CT molecular complexity index is 21.6. The standard InChI is InChI=1S/C4H10O.CH3F.3CH4.Rf/c1-2-3-4-5;1-2;;;;/h5H,2-4H2,1H3;1H3;3*1H4;. The van der Waals surface area contributed by atoms with Gasteiger partial charge in [0.15, 0.2) is 0 Å². The smallest absolute Gasteiger partial charge is 0.0785 e. The zero-order chi connectivity index (χ0) is 6.12. The van der Waals surface area contributed by atoms with Gasteiger partial charge >= 0.3 is 0 Å². The molecule has 0 aliphatic heterocycles. The van der Waals surface area contributed by atoms with Crippen molar-refractivity contribution in [1.82, 2.24) is 0 Å². The van der Waals surface area contributed by atoms with Crippen LogP contribution in [0.3, 0.4) is 0 Å². The van der Waals surface area contributed by atoms with Crippen LogP contribution < -0.4 is 0 Å². The van der Waals surface area contributed by atoms with Crippen molar-refractivity contribution < 1.29 is 9.50 Å².